The second-order valence-corrected chi connectivity index (χ2v) is 7.24. The van der Waals surface area contributed by atoms with Crippen LogP contribution in [0.15, 0.2) is 48.1 Å². The Labute approximate surface area is 170 Å². The third kappa shape index (κ3) is 4.69. The fourth-order valence-corrected chi connectivity index (χ4v) is 3.39. The van der Waals surface area contributed by atoms with Crippen LogP contribution in [0.1, 0.15) is 31.4 Å². The molecule has 29 heavy (non-hydrogen) atoms. The SMILES string of the molecule is O=C(NCc1ccc2c(c1)OCCO2)c1cc(C(=O)NCc2cccs2)ncn1. The van der Waals surface area contributed by atoms with E-state index in [4.69, 9.17) is 9.47 Å². The molecule has 1 aromatic carbocycles. The fourth-order valence-electron chi connectivity index (χ4n) is 2.75. The van der Waals surface area contributed by atoms with Crippen molar-refractivity contribution in [3.05, 3.63) is 69.9 Å². The highest BCUT2D eigenvalue weighted by Crippen LogP contribution is 2.30. The predicted octanol–water partition coefficient (Wildman–Crippen LogP) is 2.17. The van der Waals surface area contributed by atoms with Crippen molar-refractivity contribution in [3.63, 3.8) is 0 Å². The third-order valence-electron chi connectivity index (χ3n) is 4.20. The lowest BCUT2D eigenvalue weighted by Crippen LogP contribution is -2.27. The van der Waals surface area contributed by atoms with E-state index >= 15 is 0 Å². The Kier molecular flexibility index (Phi) is 5.66. The van der Waals surface area contributed by atoms with Crippen LogP contribution in [0.25, 0.3) is 0 Å². The second-order valence-electron chi connectivity index (χ2n) is 6.21. The highest BCUT2D eigenvalue weighted by Gasteiger charge is 2.15. The van der Waals surface area contributed by atoms with Crippen molar-refractivity contribution in [2.45, 2.75) is 13.1 Å². The van der Waals surface area contributed by atoms with Crippen LogP contribution in [0.5, 0.6) is 11.5 Å². The first-order chi connectivity index (χ1) is 14.2. The Balaban J connectivity index is 1.36. The standard InChI is InChI=1S/C20H18N4O4S/c25-19(21-10-13-3-4-17-18(8-13)28-6-5-27-17)15-9-16(24-12-23-15)20(26)22-11-14-2-1-7-29-14/h1-4,7-9,12H,5-6,10-11H2,(H,21,25)(H,22,26). The summed E-state index contributed by atoms with van der Waals surface area (Å²) in [6, 6.07) is 10.7. The van der Waals surface area contributed by atoms with Gasteiger partial charge in [-0.2, -0.15) is 0 Å². The Morgan fingerprint density at radius 2 is 1.66 bits per heavy atom. The normalized spacial score (nSPS) is 12.3. The van der Waals surface area contributed by atoms with Crippen LogP contribution < -0.4 is 20.1 Å². The van der Waals surface area contributed by atoms with Crippen molar-refractivity contribution in [2.75, 3.05) is 13.2 Å². The number of nitrogens with one attached hydrogen (secondary N) is 2. The molecule has 4 rings (SSSR count). The number of amides is 2. The molecular formula is C20H18N4O4S. The maximum atomic E-state index is 12.4. The van der Waals surface area contributed by atoms with Crippen molar-refractivity contribution in [1.82, 2.24) is 20.6 Å². The Hall–Kier alpha value is -3.46. The van der Waals surface area contributed by atoms with E-state index < -0.39 is 5.91 Å². The van der Waals surface area contributed by atoms with E-state index in [0.29, 0.717) is 37.8 Å². The molecular weight excluding hydrogens is 392 g/mol. The highest BCUT2D eigenvalue weighted by molar-refractivity contribution is 7.09. The van der Waals surface area contributed by atoms with Crippen LogP contribution in [0.2, 0.25) is 0 Å². The van der Waals surface area contributed by atoms with Crippen LogP contribution >= 0.6 is 11.3 Å². The largest absolute Gasteiger partial charge is 0.486 e. The molecule has 0 saturated heterocycles. The summed E-state index contributed by atoms with van der Waals surface area (Å²) in [4.78, 5) is 33.7. The van der Waals surface area contributed by atoms with E-state index in [2.05, 4.69) is 20.6 Å². The number of rotatable bonds is 6. The number of aromatic nitrogens is 2. The summed E-state index contributed by atoms with van der Waals surface area (Å²) in [5.74, 6) is 0.603. The summed E-state index contributed by atoms with van der Waals surface area (Å²) in [5.41, 5.74) is 1.13. The monoisotopic (exact) mass is 410 g/mol. The molecule has 9 heteroatoms. The highest BCUT2D eigenvalue weighted by atomic mass is 32.1. The summed E-state index contributed by atoms with van der Waals surface area (Å²) in [6.07, 6.45) is 1.21. The minimum atomic E-state index is -0.394. The number of benzene rings is 1. The lowest BCUT2D eigenvalue weighted by Gasteiger charge is -2.18. The molecule has 0 unspecified atom stereocenters. The van der Waals surface area contributed by atoms with E-state index in [1.165, 1.54) is 12.4 Å². The molecule has 0 fully saturated rings. The molecule has 3 aromatic rings. The van der Waals surface area contributed by atoms with Gasteiger partial charge in [0.25, 0.3) is 11.8 Å². The number of fused-ring (bicyclic) bond motifs is 1. The van der Waals surface area contributed by atoms with E-state index in [0.717, 1.165) is 10.4 Å². The fraction of sp³-hybridized carbons (Fsp3) is 0.200. The minimum Gasteiger partial charge on any atom is -0.486 e. The topological polar surface area (TPSA) is 102 Å². The quantitative estimate of drug-likeness (QED) is 0.646. The molecule has 2 amide bonds. The van der Waals surface area contributed by atoms with Crippen LogP contribution in [0, 0.1) is 0 Å². The average molecular weight is 410 g/mol. The zero-order valence-corrected chi connectivity index (χ0v) is 16.2. The molecule has 0 atom stereocenters. The number of hydrogen-bond acceptors (Lipinski definition) is 7. The van der Waals surface area contributed by atoms with Gasteiger partial charge in [0.05, 0.1) is 6.54 Å². The van der Waals surface area contributed by atoms with Crippen molar-refractivity contribution in [1.29, 1.82) is 0 Å². The van der Waals surface area contributed by atoms with E-state index in [1.807, 2.05) is 35.7 Å². The van der Waals surface area contributed by atoms with Gasteiger partial charge in [-0.3, -0.25) is 9.59 Å². The Morgan fingerprint density at radius 3 is 2.38 bits per heavy atom. The lowest BCUT2D eigenvalue weighted by atomic mass is 10.2. The second kappa shape index (κ2) is 8.70. The summed E-state index contributed by atoms with van der Waals surface area (Å²) in [6.45, 7) is 1.73. The molecule has 0 spiro atoms. The van der Waals surface area contributed by atoms with Crippen LogP contribution in [-0.4, -0.2) is 35.0 Å². The maximum absolute atomic E-state index is 12.4. The van der Waals surface area contributed by atoms with Crippen molar-refractivity contribution in [2.24, 2.45) is 0 Å². The number of carbonyl (C=O) groups excluding carboxylic acids is 2. The molecule has 148 valence electrons. The van der Waals surface area contributed by atoms with Gasteiger partial charge in [0.2, 0.25) is 0 Å². The first kappa shape index (κ1) is 18.9. The van der Waals surface area contributed by atoms with E-state index in [1.54, 1.807) is 11.3 Å². The zero-order valence-electron chi connectivity index (χ0n) is 15.4. The van der Waals surface area contributed by atoms with Gasteiger partial charge in [0.1, 0.15) is 30.9 Å². The Morgan fingerprint density at radius 1 is 0.931 bits per heavy atom. The molecule has 2 N–H and O–H groups in total. The van der Waals surface area contributed by atoms with Gasteiger partial charge in [-0.25, -0.2) is 9.97 Å². The van der Waals surface area contributed by atoms with Gasteiger partial charge >= 0.3 is 0 Å². The molecule has 1 aliphatic rings. The third-order valence-corrected chi connectivity index (χ3v) is 5.07. The van der Waals surface area contributed by atoms with Crippen LogP contribution in [0.4, 0.5) is 0 Å². The molecule has 2 aromatic heterocycles. The minimum absolute atomic E-state index is 0.124. The summed E-state index contributed by atoms with van der Waals surface area (Å²) < 4.78 is 11.0. The van der Waals surface area contributed by atoms with Gasteiger partial charge in [-0.15, -0.1) is 11.3 Å². The summed E-state index contributed by atoms with van der Waals surface area (Å²) in [7, 11) is 0. The first-order valence-corrected chi connectivity index (χ1v) is 9.86. The van der Waals surface area contributed by atoms with Gasteiger partial charge in [-0.1, -0.05) is 12.1 Å². The van der Waals surface area contributed by atoms with Gasteiger partial charge in [0, 0.05) is 17.5 Å². The lowest BCUT2D eigenvalue weighted by molar-refractivity contribution is 0.0944. The molecule has 1 aliphatic heterocycles. The number of ether oxygens (including phenoxy) is 2. The van der Waals surface area contributed by atoms with Gasteiger partial charge < -0.3 is 20.1 Å². The maximum Gasteiger partial charge on any atom is 0.270 e. The number of thiophene rings is 1. The van der Waals surface area contributed by atoms with Crippen LogP contribution in [-0.2, 0) is 13.1 Å². The molecule has 0 saturated carbocycles. The van der Waals surface area contributed by atoms with Crippen molar-refractivity contribution in [3.8, 4) is 11.5 Å². The smallest absolute Gasteiger partial charge is 0.270 e. The molecule has 0 radical (unpaired) electrons. The molecule has 3 heterocycles. The first-order valence-electron chi connectivity index (χ1n) is 8.98. The van der Waals surface area contributed by atoms with E-state index in [9.17, 15) is 9.59 Å². The summed E-state index contributed by atoms with van der Waals surface area (Å²) >= 11 is 1.55. The Bertz CT molecular complexity index is 1020. The number of nitrogens with zero attached hydrogens (tertiary/aromatic N) is 2. The van der Waals surface area contributed by atoms with Crippen LogP contribution in [0.3, 0.4) is 0 Å². The van der Waals surface area contributed by atoms with Crippen molar-refractivity contribution < 1.29 is 19.1 Å². The molecule has 0 aliphatic carbocycles. The van der Waals surface area contributed by atoms with Gasteiger partial charge in [0.15, 0.2) is 11.5 Å². The van der Waals surface area contributed by atoms with Crippen molar-refractivity contribution >= 4 is 23.2 Å². The predicted molar refractivity (Wildman–Crippen MR) is 106 cm³/mol. The molecule has 8 nitrogen and oxygen atoms in total. The van der Waals surface area contributed by atoms with Gasteiger partial charge in [-0.05, 0) is 29.1 Å². The zero-order chi connectivity index (χ0) is 20.1. The number of carbonyl (C=O) groups is 2. The number of hydrogen-bond donors (Lipinski definition) is 2. The van der Waals surface area contributed by atoms with E-state index in [-0.39, 0.29) is 17.3 Å². The summed E-state index contributed by atoms with van der Waals surface area (Å²) in [5, 5.41) is 7.51. The molecule has 0 bridgehead atoms. The average Bonchev–Trinajstić information content (AvgIpc) is 3.29.